The maximum Gasteiger partial charge on any atom is 0.251 e. The molecule has 0 aliphatic carbocycles. The molecule has 2 bridgehead atoms. The maximum absolute atomic E-state index is 13.0. The van der Waals surface area contributed by atoms with E-state index in [1.807, 2.05) is 19.1 Å². The van der Waals surface area contributed by atoms with Gasteiger partial charge >= 0.3 is 0 Å². The van der Waals surface area contributed by atoms with E-state index in [0.29, 0.717) is 41.0 Å². The number of carbonyl (C=O) groups excluding carboxylic acids is 3. The number of piperidine rings is 1. The first-order chi connectivity index (χ1) is 15.9. The molecule has 4 rings (SSSR count). The fourth-order valence-electron chi connectivity index (χ4n) is 4.99. The van der Waals surface area contributed by atoms with Crippen molar-refractivity contribution in [3.05, 3.63) is 53.2 Å². The van der Waals surface area contributed by atoms with Gasteiger partial charge in [-0.2, -0.15) is 0 Å². The van der Waals surface area contributed by atoms with Gasteiger partial charge in [0.2, 0.25) is 0 Å². The van der Waals surface area contributed by atoms with Gasteiger partial charge in [0.15, 0.2) is 5.78 Å². The van der Waals surface area contributed by atoms with Crippen LogP contribution < -0.4 is 21.3 Å². The summed E-state index contributed by atoms with van der Waals surface area (Å²) in [6.45, 7) is 4.26. The number of ketones is 1. The van der Waals surface area contributed by atoms with Crippen LogP contribution in [0.25, 0.3) is 0 Å². The van der Waals surface area contributed by atoms with E-state index in [1.165, 1.54) is 0 Å². The number of carbonyl (C=O) groups is 3. The maximum atomic E-state index is 13.0. The number of hydrogen-bond donors (Lipinski definition) is 3. The van der Waals surface area contributed by atoms with Crippen LogP contribution in [0, 0.1) is 0 Å². The SMILES string of the molecule is CCCNc1cc(C(=O)NC2CC3CCC(C2)N3c2ccc(C(C)=O)cn2)ccc1C(N)=O. The Labute approximate surface area is 193 Å². The highest BCUT2D eigenvalue weighted by molar-refractivity contribution is 6.02. The van der Waals surface area contributed by atoms with E-state index in [2.05, 4.69) is 20.5 Å². The number of nitrogens with zero attached hydrogens (tertiary/aromatic N) is 2. The Morgan fingerprint density at radius 1 is 1.09 bits per heavy atom. The number of anilines is 2. The Morgan fingerprint density at radius 2 is 1.79 bits per heavy atom. The summed E-state index contributed by atoms with van der Waals surface area (Å²) in [6, 6.07) is 9.41. The first kappa shape index (κ1) is 22.8. The highest BCUT2D eigenvalue weighted by atomic mass is 16.2. The van der Waals surface area contributed by atoms with E-state index in [0.717, 1.165) is 37.9 Å². The highest BCUT2D eigenvalue weighted by Crippen LogP contribution is 2.38. The number of amides is 2. The van der Waals surface area contributed by atoms with Crippen molar-refractivity contribution in [3.8, 4) is 0 Å². The van der Waals surface area contributed by atoms with Crippen LogP contribution in [-0.2, 0) is 0 Å². The number of rotatable bonds is 8. The van der Waals surface area contributed by atoms with Crippen molar-refractivity contribution in [2.45, 2.75) is 64.1 Å². The van der Waals surface area contributed by atoms with Gasteiger partial charge in [-0.05, 0) is 69.4 Å². The molecule has 2 saturated heterocycles. The molecule has 1 aromatic carbocycles. The Morgan fingerprint density at radius 3 is 2.36 bits per heavy atom. The fourth-order valence-corrected chi connectivity index (χ4v) is 4.99. The van der Waals surface area contributed by atoms with Crippen molar-refractivity contribution in [2.75, 3.05) is 16.8 Å². The Hall–Kier alpha value is -3.42. The van der Waals surface area contributed by atoms with Crippen LogP contribution in [0.3, 0.4) is 0 Å². The van der Waals surface area contributed by atoms with E-state index in [4.69, 9.17) is 5.73 Å². The van der Waals surface area contributed by atoms with Gasteiger partial charge in [0, 0.05) is 47.7 Å². The van der Waals surface area contributed by atoms with E-state index < -0.39 is 5.91 Å². The molecule has 174 valence electrons. The number of aromatic nitrogens is 1. The minimum Gasteiger partial charge on any atom is -0.384 e. The van der Waals surface area contributed by atoms with E-state index in [-0.39, 0.29) is 17.7 Å². The second-order valence-corrected chi connectivity index (χ2v) is 8.95. The van der Waals surface area contributed by atoms with Crippen LogP contribution in [0.5, 0.6) is 0 Å². The molecule has 2 atom stereocenters. The minimum atomic E-state index is -0.519. The molecule has 2 aliphatic heterocycles. The number of hydrogen-bond acceptors (Lipinski definition) is 6. The molecule has 0 spiro atoms. The Kier molecular flexibility index (Phi) is 6.62. The predicted octanol–water partition coefficient (Wildman–Crippen LogP) is 3.13. The van der Waals surface area contributed by atoms with Crippen LogP contribution in [-0.4, -0.2) is 47.3 Å². The van der Waals surface area contributed by atoms with Gasteiger partial charge in [0.05, 0.1) is 5.56 Å². The summed E-state index contributed by atoms with van der Waals surface area (Å²) in [6.07, 6.45) is 6.35. The zero-order valence-electron chi connectivity index (χ0n) is 19.1. The summed E-state index contributed by atoms with van der Waals surface area (Å²) in [4.78, 5) is 43.1. The zero-order valence-corrected chi connectivity index (χ0v) is 19.1. The molecule has 3 heterocycles. The van der Waals surface area contributed by atoms with Crippen molar-refractivity contribution >= 4 is 29.1 Å². The van der Waals surface area contributed by atoms with Gasteiger partial charge in [-0.3, -0.25) is 14.4 Å². The van der Waals surface area contributed by atoms with E-state index >= 15 is 0 Å². The number of pyridine rings is 1. The summed E-state index contributed by atoms with van der Waals surface area (Å²) < 4.78 is 0. The number of primary amides is 1. The lowest BCUT2D eigenvalue weighted by Crippen LogP contribution is -2.50. The monoisotopic (exact) mass is 449 g/mol. The smallest absolute Gasteiger partial charge is 0.251 e. The van der Waals surface area contributed by atoms with Crippen LogP contribution >= 0.6 is 0 Å². The van der Waals surface area contributed by atoms with Crippen molar-refractivity contribution < 1.29 is 14.4 Å². The molecule has 0 saturated carbocycles. The van der Waals surface area contributed by atoms with Crippen LogP contribution in [0.1, 0.15) is 77.0 Å². The lowest BCUT2D eigenvalue weighted by atomic mass is 9.96. The van der Waals surface area contributed by atoms with E-state index in [9.17, 15) is 14.4 Å². The van der Waals surface area contributed by atoms with Crippen molar-refractivity contribution in [2.24, 2.45) is 5.73 Å². The third kappa shape index (κ3) is 4.84. The molecule has 0 radical (unpaired) electrons. The zero-order chi connectivity index (χ0) is 23.5. The van der Waals surface area contributed by atoms with Crippen LogP contribution in [0.4, 0.5) is 11.5 Å². The van der Waals surface area contributed by atoms with Gasteiger partial charge in [-0.25, -0.2) is 4.98 Å². The van der Waals surface area contributed by atoms with Crippen molar-refractivity contribution in [1.29, 1.82) is 0 Å². The first-order valence-electron chi connectivity index (χ1n) is 11.6. The quantitative estimate of drug-likeness (QED) is 0.533. The molecule has 2 unspecified atom stereocenters. The van der Waals surface area contributed by atoms with E-state index in [1.54, 1.807) is 31.3 Å². The van der Waals surface area contributed by atoms with Crippen LogP contribution in [0.15, 0.2) is 36.5 Å². The molecule has 4 N–H and O–H groups in total. The molecular formula is C25H31N5O3. The molecule has 1 aromatic heterocycles. The normalized spacial score (nSPS) is 21.5. The lowest BCUT2D eigenvalue weighted by molar-refractivity contribution is 0.0924. The molecule has 2 aromatic rings. The highest BCUT2D eigenvalue weighted by Gasteiger charge is 2.41. The van der Waals surface area contributed by atoms with Gasteiger partial charge in [0.25, 0.3) is 11.8 Å². The molecule has 2 aliphatic rings. The van der Waals surface area contributed by atoms with Crippen molar-refractivity contribution in [1.82, 2.24) is 10.3 Å². The second-order valence-electron chi connectivity index (χ2n) is 8.95. The number of Topliss-reactive ketones (excluding diaryl/α,β-unsaturated/α-hetero) is 1. The summed E-state index contributed by atoms with van der Waals surface area (Å²) in [5, 5.41) is 6.38. The first-order valence-corrected chi connectivity index (χ1v) is 11.6. The summed E-state index contributed by atoms with van der Waals surface area (Å²) in [5.74, 6) is 0.239. The summed E-state index contributed by atoms with van der Waals surface area (Å²) in [5.41, 5.74) is 7.57. The number of benzene rings is 1. The van der Waals surface area contributed by atoms with Gasteiger partial charge in [0.1, 0.15) is 5.82 Å². The molecule has 8 nitrogen and oxygen atoms in total. The van der Waals surface area contributed by atoms with Crippen LogP contribution in [0.2, 0.25) is 0 Å². The Bertz CT molecular complexity index is 1040. The number of fused-ring (bicyclic) bond motifs is 2. The van der Waals surface area contributed by atoms with Crippen molar-refractivity contribution in [3.63, 3.8) is 0 Å². The molecule has 8 heteroatoms. The largest absolute Gasteiger partial charge is 0.384 e. The number of nitrogens with one attached hydrogen (secondary N) is 2. The second kappa shape index (κ2) is 9.60. The summed E-state index contributed by atoms with van der Waals surface area (Å²) in [7, 11) is 0. The third-order valence-electron chi connectivity index (χ3n) is 6.60. The molecule has 33 heavy (non-hydrogen) atoms. The average Bonchev–Trinajstić information content (AvgIpc) is 3.07. The summed E-state index contributed by atoms with van der Waals surface area (Å²) >= 11 is 0. The standard InChI is InChI=1S/C25H31N5O3/c1-3-10-27-22-11-16(4-8-21(22)24(26)32)25(33)29-18-12-19-6-7-20(13-18)30(19)23-9-5-17(14-28-23)15(2)31/h4-5,8-9,11,14,18-20,27H,3,6-7,10,12-13H2,1-2H3,(H2,26,32)(H,29,33). The van der Waals surface area contributed by atoms with Gasteiger partial charge < -0.3 is 21.3 Å². The topological polar surface area (TPSA) is 117 Å². The van der Waals surface area contributed by atoms with Gasteiger partial charge in [-0.15, -0.1) is 0 Å². The third-order valence-corrected chi connectivity index (χ3v) is 6.60. The minimum absolute atomic E-state index is 0.00959. The van der Waals surface area contributed by atoms with Gasteiger partial charge in [-0.1, -0.05) is 6.92 Å². The fraction of sp³-hybridized carbons (Fsp3) is 0.440. The predicted molar refractivity (Wildman–Crippen MR) is 128 cm³/mol. The average molecular weight is 450 g/mol. The number of nitrogens with two attached hydrogens (primary N) is 1. The lowest BCUT2D eigenvalue weighted by Gasteiger charge is -2.40. The molecular weight excluding hydrogens is 418 g/mol. The molecule has 2 amide bonds. The molecule has 2 fully saturated rings. The Balaban J connectivity index is 1.43.